The summed E-state index contributed by atoms with van der Waals surface area (Å²) in [6, 6.07) is -0.176. The molecule has 3 rings (SSSR count). The van der Waals surface area contributed by atoms with E-state index in [1.165, 1.54) is 0 Å². The number of carbonyl (C=O) groups excluding carboxylic acids is 1. The standard InChI is InChI=1S/C13H17N5O2/c1-9-5-14-12(16-9)11-8-20-4-3-18(11)13(19)10-6-15-17(2)7-10/h5-7,11H,3-4,8H2,1-2H3,(H,14,16)/t11-/m0/s1. The topological polar surface area (TPSA) is 76.0 Å². The van der Waals surface area contributed by atoms with Gasteiger partial charge in [0.1, 0.15) is 11.9 Å². The van der Waals surface area contributed by atoms with Crippen molar-refractivity contribution in [3.05, 3.63) is 35.7 Å². The molecular formula is C13H17N5O2. The smallest absolute Gasteiger partial charge is 0.257 e. The van der Waals surface area contributed by atoms with Crippen LogP contribution in [-0.4, -0.2) is 50.3 Å². The van der Waals surface area contributed by atoms with Crippen LogP contribution in [0.3, 0.4) is 0 Å². The third-order valence-corrected chi connectivity index (χ3v) is 3.38. The minimum atomic E-state index is -0.176. The van der Waals surface area contributed by atoms with E-state index in [0.717, 1.165) is 11.5 Å². The number of imidazole rings is 1. The van der Waals surface area contributed by atoms with Gasteiger partial charge in [0.05, 0.1) is 25.0 Å². The van der Waals surface area contributed by atoms with Gasteiger partial charge in [-0.25, -0.2) is 4.98 Å². The second kappa shape index (κ2) is 5.09. The number of hydrogen-bond donors (Lipinski definition) is 1. The maximum Gasteiger partial charge on any atom is 0.257 e. The molecule has 0 aromatic carbocycles. The highest BCUT2D eigenvalue weighted by Gasteiger charge is 2.31. The van der Waals surface area contributed by atoms with Crippen LogP contribution in [0.25, 0.3) is 0 Å². The molecule has 7 heteroatoms. The SMILES string of the molecule is Cc1cnc([C@@H]2COCCN2C(=O)c2cnn(C)c2)[nH]1. The highest BCUT2D eigenvalue weighted by atomic mass is 16.5. The molecule has 1 amide bonds. The van der Waals surface area contributed by atoms with Crippen molar-refractivity contribution in [2.24, 2.45) is 7.05 Å². The van der Waals surface area contributed by atoms with E-state index in [0.29, 0.717) is 25.3 Å². The molecule has 0 saturated carbocycles. The van der Waals surface area contributed by atoms with Crippen LogP contribution in [0.4, 0.5) is 0 Å². The predicted octanol–water partition coefficient (Wildman–Crippen LogP) is 0.665. The quantitative estimate of drug-likeness (QED) is 0.873. The van der Waals surface area contributed by atoms with Crippen LogP contribution in [0, 0.1) is 6.92 Å². The molecule has 20 heavy (non-hydrogen) atoms. The number of amides is 1. The lowest BCUT2D eigenvalue weighted by atomic mass is 10.2. The zero-order chi connectivity index (χ0) is 14.1. The number of aryl methyl sites for hydroxylation is 2. The molecule has 1 aliphatic rings. The zero-order valence-corrected chi connectivity index (χ0v) is 11.5. The molecule has 106 valence electrons. The van der Waals surface area contributed by atoms with Gasteiger partial charge in [-0.15, -0.1) is 0 Å². The minimum absolute atomic E-state index is 0.0412. The summed E-state index contributed by atoms with van der Waals surface area (Å²) in [4.78, 5) is 21.9. The van der Waals surface area contributed by atoms with E-state index in [1.54, 1.807) is 35.2 Å². The largest absolute Gasteiger partial charge is 0.377 e. The van der Waals surface area contributed by atoms with E-state index in [1.807, 2.05) is 6.92 Å². The molecule has 1 saturated heterocycles. The van der Waals surface area contributed by atoms with Gasteiger partial charge in [-0.3, -0.25) is 9.48 Å². The lowest BCUT2D eigenvalue weighted by Crippen LogP contribution is -2.43. The van der Waals surface area contributed by atoms with E-state index >= 15 is 0 Å². The molecule has 1 N–H and O–H groups in total. The van der Waals surface area contributed by atoms with Gasteiger partial charge in [-0.05, 0) is 6.92 Å². The first kappa shape index (κ1) is 12.9. The summed E-state index contributed by atoms with van der Waals surface area (Å²) in [6.07, 6.45) is 5.07. The third kappa shape index (κ3) is 2.32. The Morgan fingerprint density at radius 2 is 2.35 bits per heavy atom. The number of hydrogen-bond acceptors (Lipinski definition) is 4. The third-order valence-electron chi connectivity index (χ3n) is 3.38. The van der Waals surface area contributed by atoms with Gasteiger partial charge in [-0.2, -0.15) is 5.10 Å². The Labute approximate surface area is 116 Å². The first-order valence-electron chi connectivity index (χ1n) is 6.54. The number of rotatable bonds is 2. The highest BCUT2D eigenvalue weighted by molar-refractivity contribution is 5.94. The normalized spacial score (nSPS) is 19.3. The summed E-state index contributed by atoms with van der Waals surface area (Å²) in [6.45, 7) is 3.49. The minimum Gasteiger partial charge on any atom is -0.377 e. The summed E-state index contributed by atoms with van der Waals surface area (Å²) in [5, 5.41) is 4.05. The lowest BCUT2D eigenvalue weighted by molar-refractivity contribution is -0.00501. The monoisotopic (exact) mass is 275 g/mol. The first-order chi connectivity index (χ1) is 9.65. The summed E-state index contributed by atoms with van der Waals surface area (Å²) in [7, 11) is 1.80. The first-order valence-corrected chi connectivity index (χ1v) is 6.54. The van der Waals surface area contributed by atoms with Crippen LogP contribution in [-0.2, 0) is 11.8 Å². The molecule has 2 aromatic heterocycles. The summed E-state index contributed by atoms with van der Waals surface area (Å²) in [5.41, 5.74) is 1.56. The Balaban J connectivity index is 1.87. The van der Waals surface area contributed by atoms with E-state index in [4.69, 9.17) is 4.74 Å². The fourth-order valence-electron chi connectivity index (χ4n) is 2.37. The van der Waals surface area contributed by atoms with Gasteiger partial charge in [0.15, 0.2) is 0 Å². The lowest BCUT2D eigenvalue weighted by Gasteiger charge is -2.34. The molecule has 0 radical (unpaired) electrons. The van der Waals surface area contributed by atoms with Crippen LogP contribution >= 0.6 is 0 Å². The van der Waals surface area contributed by atoms with Gasteiger partial charge in [0, 0.05) is 31.7 Å². The van der Waals surface area contributed by atoms with Gasteiger partial charge >= 0.3 is 0 Å². The number of aromatic nitrogens is 4. The van der Waals surface area contributed by atoms with Crippen molar-refractivity contribution in [3.63, 3.8) is 0 Å². The maximum absolute atomic E-state index is 12.6. The van der Waals surface area contributed by atoms with Crippen molar-refractivity contribution < 1.29 is 9.53 Å². The van der Waals surface area contributed by atoms with Crippen molar-refractivity contribution in [1.82, 2.24) is 24.6 Å². The Morgan fingerprint density at radius 1 is 1.50 bits per heavy atom. The van der Waals surface area contributed by atoms with E-state index < -0.39 is 0 Å². The number of carbonyl (C=O) groups is 1. The fraction of sp³-hybridized carbons (Fsp3) is 0.462. The van der Waals surface area contributed by atoms with Crippen molar-refractivity contribution in [3.8, 4) is 0 Å². The van der Waals surface area contributed by atoms with E-state index in [2.05, 4.69) is 15.1 Å². The van der Waals surface area contributed by atoms with Crippen LogP contribution in [0.5, 0.6) is 0 Å². The van der Waals surface area contributed by atoms with E-state index in [-0.39, 0.29) is 11.9 Å². The number of nitrogens with zero attached hydrogens (tertiary/aromatic N) is 4. The van der Waals surface area contributed by atoms with Crippen LogP contribution in [0.2, 0.25) is 0 Å². The van der Waals surface area contributed by atoms with Gasteiger partial charge in [0.25, 0.3) is 5.91 Å². The number of aromatic amines is 1. The van der Waals surface area contributed by atoms with Crippen molar-refractivity contribution in [1.29, 1.82) is 0 Å². The van der Waals surface area contributed by atoms with Crippen molar-refractivity contribution in [2.45, 2.75) is 13.0 Å². The second-order valence-electron chi connectivity index (χ2n) is 4.94. The molecule has 1 fully saturated rings. The number of ether oxygens (including phenoxy) is 1. The Kier molecular flexibility index (Phi) is 3.27. The van der Waals surface area contributed by atoms with E-state index in [9.17, 15) is 4.79 Å². The van der Waals surface area contributed by atoms with Crippen LogP contribution in [0.15, 0.2) is 18.6 Å². The molecule has 0 unspecified atom stereocenters. The second-order valence-corrected chi connectivity index (χ2v) is 4.94. The van der Waals surface area contributed by atoms with Gasteiger partial charge in [0.2, 0.25) is 0 Å². The molecule has 3 heterocycles. The Morgan fingerprint density at radius 3 is 3.00 bits per heavy atom. The number of H-pyrrole nitrogens is 1. The Hall–Kier alpha value is -2.15. The van der Waals surface area contributed by atoms with Gasteiger partial charge in [-0.1, -0.05) is 0 Å². The highest BCUT2D eigenvalue weighted by Crippen LogP contribution is 2.23. The number of morpholine rings is 1. The summed E-state index contributed by atoms with van der Waals surface area (Å²) < 4.78 is 7.12. The average Bonchev–Trinajstić information content (AvgIpc) is 3.07. The molecule has 7 nitrogen and oxygen atoms in total. The van der Waals surface area contributed by atoms with Crippen molar-refractivity contribution >= 4 is 5.91 Å². The molecule has 1 aliphatic heterocycles. The molecule has 0 spiro atoms. The fourth-order valence-corrected chi connectivity index (χ4v) is 2.37. The summed E-state index contributed by atoms with van der Waals surface area (Å²) in [5.74, 6) is 0.722. The zero-order valence-electron chi connectivity index (χ0n) is 11.5. The van der Waals surface area contributed by atoms with Gasteiger partial charge < -0.3 is 14.6 Å². The molecular weight excluding hydrogens is 258 g/mol. The van der Waals surface area contributed by atoms with Crippen molar-refractivity contribution in [2.75, 3.05) is 19.8 Å². The number of nitrogens with one attached hydrogen (secondary N) is 1. The molecule has 0 bridgehead atoms. The average molecular weight is 275 g/mol. The predicted molar refractivity (Wildman–Crippen MR) is 71.1 cm³/mol. The molecule has 1 atom stereocenters. The van der Waals surface area contributed by atoms with Crippen LogP contribution < -0.4 is 0 Å². The van der Waals surface area contributed by atoms with Crippen LogP contribution in [0.1, 0.15) is 27.9 Å². The molecule has 2 aromatic rings. The molecule has 0 aliphatic carbocycles. The Bertz CT molecular complexity index is 618. The maximum atomic E-state index is 12.6. The summed E-state index contributed by atoms with van der Waals surface area (Å²) >= 11 is 0.